The Labute approximate surface area is 126 Å². The fraction of sp³-hybridized carbons (Fsp3) is 0. The number of carbonyl (C=O) groups is 2. The molecule has 2 aromatic rings. The molecule has 0 bridgehead atoms. The van der Waals surface area contributed by atoms with Crippen LogP contribution in [-0.4, -0.2) is 11.9 Å². The summed E-state index contributed by atoms with van der Waals surface area (Å²) in [7, 11) is 0. The zero-order valence-corrected chi connectivity index (χ0v) is 11.5. The van der Waals surface area contributed by atoms with Crippen LogP contribution in [0.4, 0.5) is 17.1 Å². The quantitative estimate of drug-likeness (QED) is 0.677. The smallest absolute Gasteiger partial charge is 0.248 e. The van der Waals surface area contributed by atoms with Gasteiger partial charge in [-0.25, -0.2) is 0 Å². The number of azo groups is 1. The van der Waals surface area contributed by atoms with Gasteiger partial charge in [0.15, 0.2) is 0 Å². The predicted octanol–water partition coefficient (Wildman–Crippen LogP) is 2.35. The summed E-state index contributed by atoms with van der Waals surface area (Å²) in [5, 5.41) is 20.8. The van der Waals surface area contributed by atoms with Crippen LogP contribution < -0.4 is 10.4 Å². The molecule has 0 saturated heterocycles. The van der Waals surface area contributed by atoms with E-state index in [0.717, 1.165) is 11.8 Å². The van der Waals surface area contributed by atoms with Crippen molar-refractivity contribution in [1.82, 2.24) is 0 Å². The summed E-state index contributed by atoms with van der Waals surface area (Å²) in [6.07, 6.45) is 1.55. The Morgan fingerprint density at radius 1 is 0.864 bits per heavy atom. The van der Waals surface area contributed by atoms with Gasteiger partial charge in [0.1, 0.15) is 0 Å². The van der Waals surface area contributed by atoms with E-state index in [1.807, 2.05) is 30.3 Å². The van der Waals surface area contributed by atoms with Crippen molar-refractivity contribution in [3.63, 3.8) is 0 Å². The number of aliphatic carboxylic acids is 1. The van der Waals surface area contributed by atoms with Gasteiger partial charge in [0.05, 0.1) is 17.3 Å². The van der Waals surface area contributed by atoms with Gasteiger partial charge >= 0.3 is 0 Å². The first-order valence-corrected chi connectivity index (χ1v) is 6.40. The first-order valence-electron chi connectivity index (χ1n) is 6.40. The van der Waals surface area contributed by atoms with E-state index in [-0.39, 0.29) is 0 Å². The molecule has 0 unspecified atom stereocenters. The highest BCUT2D eigenvalue weighted by Crippen LogP contribution is 2.19. The largest absolute Gasteiger partial charge is 0.545 e. The van der Waals surface area contributed by atoms with Gasteiger partial charge in [-0.1, -0.05) is 18.2 Å². The summed E-state index contributed by atoms with van der Waals surface area (Å²) < 4.78 is 0. The van der Waals surface area contributed by atoms with Gasteiger partial charge < -0.3 is 15.2 Å². The number of carboxylic acids is 1. The van der Waals surface area contributed by atoms with Crippen LogP contribution in [0, 0.1) is 0 Å². The van der Waals surface area contributed by atoms with Crippen molar-refractivity contribution < 1.29 is 14.7 Å². The van der Waals surface area contributed by atoms with Crippen LogP contribution in [0.3, 0.4) is 0 Å². The topological polar surface area (TPSA) is 93.9 Å². The van der Waals surface area contributed by atoms with Gasteiger partial charge in [0, 0.05) is 11.8 Å². The number of hydrogen-bond acceptors (Lipinski definition) is 5. The second-order valence-corrected chi connectivity index (χ2v) is 4.22. The number of nitrogens with zero attached hydrogens (tertiary/aromatic N) is 2. The summed E-state index contributed by atoms with van der Waals surface area (Å²) >= 11 is 0. The van der Waals surface area contributed by atoms with Crippen molar-refractivity contribution in [2.45, 2.75) is 0 Å². The van der Waals surface area contributed by atoms with Crippen LogP contribution in [0.15, 0.2) is 77.0 Å². The minimum Gasteiger partial charge on any atom is -0.545 e. The van der Waals surface area contributed by atoms with E-state index in [0.29, 0.717) is 17.5 Å². The number of rotatable bonds is 5. The van der Waals surface area contributed by atoms with Gasteiger partial charge in [-0.15, -0.1) is 0 Å². The Morgan fingerprint density at radius 3 is 2.05 bits per heavy atom. The second-order valence-electron chi connectivity index (χ2n) is 4.22. The van der Waals surface area contributed by atoms with E-state index in [1.54, 1.807) is 24.3 Å². The van der Waals surface area contributed by atoms with Gasteiger partial charge in [-0.3, -0.25) is 4.79 Å². The average Bonchev–Trinajstić information content (AvgIpc) is 2.53. The number of carbonyl (C=O) groups excluding carboxylic acids is 2. The Balaban J connectivity index is 1.97. The van der Waals surface area contributed by atoms with Gasteiger partial charge in [0.25, 0.3) is 0 Å². The lowest BCUT2D eigenvalue weighted by atomic mass is 10.3. The molecule has 110 valence electrons. The third-order valence-electron chi connectivity index (χ3n) is 2.54. The summed E-state index contributed by atoms with van der Waals surface area (Å²) in [5.74, 6) is -1.98. The lowest BCUT2D eigenvalue weighted by molar-refractivity contribution is -0.297. The maximum Gasteiger partial charge on any atom is 0.248 e. The fourth-order valence-electron chi connectivity index (χ4n) is 1.55. The molecule has 2 aromatic carbocycles. The molecule has 0 aliphatic heterocycles. The first-order chi connectivity index (χ1) is 10.6. The highest BCUT2D eigenvalue weighted by molar-refractivity contribution is 6.02. The van der Waals surface area contributed by atoms with E-state index in [9.17, 15) is 14.7 Å². The first kappa shape index (κ1) is 15.1. The molecule has 0 heterocycles. The fourth-order valence-corrected chi connectivity index (χ4v) is 1.55. The highest BCUT2D eigenvalue weighted by atomic mass is 16.4. The van der Waals surface area contributed by atoms with Gasteiger partial charge in [-0.2, -0.15) is 10.2 Å². The molecule has 6 nitrogen and oxygen atoms in total. The Morgan fingerprint density at radius 2 is 1.45 bits per heavy atom. The normalized spacial score (nSPS) is 10.9. The molecule has 6 heteroatoms. The molecule has 0 aromatic heterocycles. The number of carboxylic acid groups (broad SMARTS) is 1. The Bertz CT molecular complexity index is 707. The molecular weight excluding hydrogens is 282 g/mol. The van der Waals surface area contributed by atoms with Crippen LogP contribution in [0.25, 0.3) is 0 Å². The van der Waals surface area contributed by atoms with Crippen LogP contribution >= 0.6 is 0 Å². The maximum atomic E-state index is 11.4. The number of hydrogen-bond donors (Lipinski definition) is 1. The van der Waals surface area contributed by atoms with Crippen molar-refractivity contribution in [3.05, 3.63) is 66.7 Å². The molecule has 0 radical (unpaired) electrons. The maximum absolute atomic E-state index is 11.4. The molecule has 0 atom stereocenters. The summed E-state index contributed by atoms with van der Waals surface area (Å²) in [6.45, 7) is 0. The number of anilines is 1. The molecule has 0 fully saturated rings. The molecule has 1 amide bonds. The highest BCUT2D eigenvalue weighted by Gasteiger charge is 1.98. The predicted molar refractivity (Wildman–Crippen MR) is 79.8 cm³/mol. The Kier molecular flexibility index (Phi) is 5.15. The van der Waals surface area contributed by atoms with Crippen LogP contribution in [0.2, 0.25) is 0 Å². The summed E-state index contributed by atoms with van der Waals surface area (Å²) in [5.41, 5.74) is 1.89. The minimum atomic E-state index is -1.42. The van der Waals surface area contributed by atoms with E-state index < -0.39 is 11.9 Å². The standard InChI is InChI=1S/C16H13N3O3/c20-15(10-11-16(21)22)17-12-6-8-14(9-7-12)19-18-13-4-2-1-3-5-13/h1-11H,(H,17,20)(H,21,22)/p-1. The van der Waals surface area contributed by atoms with E-state index in [4.69, 9.17) is 0 Å². The number of amides is 1. The third kappa shape index (κ3) is 5.01. The van der Waals surface area contributed by atoms with Crippen molar-refractivity contribution in [2.75, 3.05) is 5.32 Å². The lowest BCUT2D eigenvalue weighted by Gasteiger charge is -2.02. The van der Waals surface area contributed by atoms with E-state index in [2.05, 4.69) is 15.5 Å². The van der Waals surface area contributed by atoms with E-state index in [1.165, 1.54) is 0 Å². The zero-order chi connectivity index (χ0) is 15.8. The molecule has 0 saturated carbocycles. The molecule has 0 spiro atoms. The van der Waals surface area contributed by atoms with E-state index >= 15 is 0 Å². The average molecular weight is 294 g/mol. The van der Waals surface area contributed by atoms with Crippen molar-refractivity contribution >= 4 is 28.9 Å². The van der Waals surface area contributed by atoms with Crippen molar-refractivity contribution in [1.29, 1.82) is 0 Å². The summed E-state index contributed by atoms with van der Waals surface area (Å²) in [6, 6.07) is 16.0. The van der Waals surface area contributed by atoms with Crippen LogP contribution in [0.1, 0.15) is 0 Å². The van der Waals surface area contributed by atoms with Crippen molar-refractivity contribution in [2.24, 2.45) is 10.2 Å². The number of benzene rings is 2. The SMILES string of the molecule is O=C([O-])C=CC(=O)Nc1ccc(N=Nc2ccccc2)cc1. The monoisotopic (exact) mass is 294 g/mol. The number of nitrogens with one attached hydrogen (secondary N) is 1. The molecule has 0 aliphatic rings. The Hall–Kier alpha value is -3.28. The van der Waals surface area contributed by atoms with Gasteiger partial charge in [0.2, 0.25) is 5.91 Å². The lowest BCUT2D eigenvalue weighted by Crippen LogP contribution is -2.20. The molecule has 1 N–H and O–H groups in total. The summed E-state index contributed by atoms with van der Waals surface area (Å²) in [4.78, 5) is 21.6. The third-order valence-corrected chi connectivity index (χ3v) is 2.54. The zero-order valence-electron chi connectivity index (χ0n) is 11.5. The van der Waals surface area contributed by atoms with Crippen molar-refractivity contribution in [3.8, 4) is 0 Å². The minimum absolute atomic E-state index is 0.520. The molecule has 2 rings (SSSR count). The second kappa shape index (κ2) is 7.49. The molecular formula is C16H12N3O3-. The van der Waals surface area contributed by atoms with Crippen LogP contribution in [0.5, 0.6) is 0 Å². The molecule has 0 aliphatic carbocycles. The van der Waals surface area contributed by atoms with Crippen LogP contribution in [-0.2, 0) is 9.59 Å². The molecule has 22 heavy (non-hydrogen) atoms. The van der Waals surface area contributed by atoms with Gasteiger partial charge in [-0.05, 0) is 42.5 Å².